The fourth-order valence-electron chi connectivity index (χ4n) is 1.14. The molecule has 0 spiro atoms. The number of methoxy groups -OCH3 is 1. The van der Waals surface area contributed by atoms with Crippen LogP contribution in [0.25, 0.3) is 0 Å². The second-order valence-corrected chi connectivity index (χ2v) is 3.10. The summed E-state index contributed by atoms with van der Waals surface area (Å²) in [4.78, 5) is 4.33. The highest BCUT2D eigenvalue weighted by Gasteiger charge is 2.09. The Labute approximate surface area is 72.6 Å². The topological polar surface area (TPSA) is 39.9 Å². The maximum absolute atomic E-state index is 4.94. The van der Waals surface area contributed by atoms with Crippen molar-refractivity contribution in [3.05, 3.63) is 11.6 Å². The molecule has 12 heavy (non-hydrogen) atoms. The van der Waals surface area contributed by atoms with Gasteiger partial charge in [-0.3, -0.25) is 4.68 Å². The van der Waals surface area contributed by atoms with E-state index in [0.29, 0.717) is 12.5 Å². The molecule has 0 bridgehead atoms. The number of nitrogens with zero attached hydrogens (tertiary/aromatic N) is 3. The number of aryl methyl sites for hydroxylation is 1. The first-order valence-electron chi connectivity index (χ1n) is 4.04. The molecule has 0 aliphatic heterocycles. The SMILES string of the molecule is COCc1nc(C(C)C)n(C)n1. The molecule has 1 aromatic heterocycles. The maximum Gasteiger partial charge on any atom is 0.176 e. The molecule has 0 saturated carbocycles. The highest BCUT2D eigenvalue weighted by Crippen LogP contribution is 2.10. The van der Waals surface area contributed by atoms with Crippen molar-refractivity contribution in [1.29, 1.82) is 0 Å². The molecule has 1 heterocycles. The van der Waals surface area contributed by atoms with Crippen molar-refractivity contribution in [2.75, 3.05) is 7.11 Å². The number of ether oxygens (including phenoxy) is 1. The largest absolute Gasteiger partial charge is 0.377 e. The maximum atomic E-state index is 4.94. The first-order chi connectivity index (χ1) is 5.65. The van der Waals surface area contributed by atoms with Gasteiger partial charge in [-0.25, -0.2) is 4.98 Å². The van der Waals surface area contributed by atoms with Gasteiger partial charge in [0.15, 0.2) is 5.82 Å². The summed E-state index contributed by atoms with van der Waals surface area (Å²) in [5, 5.41) is 4.20. The number of rotatable bonds is 3. The van der Waals surface area contributed by atoms with E-state index in [0.717, 1.165) is 11.6 Å². The Bertz CT molecular complexity index is 255. The minimum absolute atomic E-state index is 0.410. The summed E-state index contributed by atoms with van der Waals surface area (Å²) in [5.74, 6) is 2.17. The number of hydrogen-bond acceptors (Lipinski definition) is 3. The van der Waals surface area contributed by atoms with E-state index in [-0.39, 0.29) is 0 Å². The van der Waals surface area contributed by atoms with Gasteiger partial charge in [0, 0.05) is 20.1 Å². The molecular formula is C8H15N3O. The second kappa shape index (κ2) is 3.67. The van der Waals surface area contributed by atoms with Crippen LogP contribution in [-0.4, -0.2) is 21.9 Å². The summed E-state index contributed by atoms with van der Waals surface area (Å²) in [6.45, 7) is 4.68. The molecule has 4 heteroatoms. The molecule has 0 unspecified atom stereocenters. The van der Waals surface area contributed by atoms with Gasteiger partial charge in [-0.05, 0) is 0 Å². The van der Waals surface area contributed by atoms with E-state index >= 15 is 0 Å². The molecule has 0 amide bonds. The lowest BCUT2D eigenvalue weighted by Gasteiger charge is -2.00. The van der Waals surface area contributed by atoms with E-state index < -0.39 is 0 Å². The normalized spacial score (nSPS) is 11.1. The first kappa shape index (κ1) is 9.19. The molecule has 0 saturated heterocycles. The molecule has 0 aromatic carbocycles. The van der Waals surface area contributed by atoms with Crippen LogP contribution in [0.3, 0.4) is 0 Å². The van der Waals surface area contributed by atoms with Crippen LogP contribution in [0.1, 0.15) is 31.4 Å². The van der Waals surface area contributed by atoms with Crippen molar-refractivity contribution in [3.63, 3.8) is 0 Å². The molecule has 1 aromatic rings. The van der Waals surface area contributed by atoms with Crippen LogP contribution in [-0.2, 0) is 18.4 Å². The minimum atomic E-state index is 0.410. The zero-order valence-electron chi connectivity index (χ0n) is 8.03. The van der Waals surface area contributed by atoms with Crippen LogP contribution in [0.15, 0.2) is 0 Å². The van der Waals surface area contributed by atoms with Crippen molar-refractivity contribution < 1.29 is 4.74 Å². The minimum Gasteiger partial charge on any atom is -0.377 e. The smallest absolute Gasteiger partial charge is 0.176 e. The van der Waals surface area contributed by atoms with Gasteiger partial charge in [-0.2, -0.15) is 5.10 Å². The highest BCUT2D eigenvalue weighted by molar-refractivity contribution is 4.96. The summed E-state index contributed by atoms with van der Waals surface area (Å²) in [6, 6.07) is 0. The lowest BCUT2D eigenvalue weighted by atomic mass is 10.2. The van der Waals surface area contributed by atoms with Gasteiger partial charge >= 0.3 is 0 Å². The molecule has 0 radical (unpaired) electrons. The summed E-state index contributed by atoms with van der Waals surface area (Å²) in [7, 11) is 3.55. The zero-order valence-corrected chi connectivity index (χ0v) is 8.03. The van der Waals surface area contributed by atoms with Crippen molar-refractivity contribution in [3.8, 4) is 0 Å². The molecule has 0 aliphatic carbocycles. The first-order valence-corrected chi connectivity index (χ1v) is 4.04. The van der Waals surface area contributed by atoms with Crippen LogP contribution in [0, 0.1) is 0 Å². The van der Waals surface area contributed by atoms with E-state index in [2.05, 4.69) is 23.9 Å². The monoisotopic (exact) mass is 169 g/mol. The Hall–Kier alpha value is -0.900. The quantitative estimate of drug-likeness (QED) is 0.680. The van der Waals surface area contributed by atoms with Crippen molar-refractivity contribution in [2.24, 2.45) is 7.05 Å². The van der Waals surface area contributed by atoms with Crippen molar-refractivity contribution in [1.82, 2.24) is 14.8 Å². The van der Waals surface area contributed by atoms with Gasteiger partial charge in [0.25, 0.3) is 0 Å². The van der Waals surface area contributed by atoms with Gasteiger partial charge in [-0.15, -0.1) is 0 Å². The standard InChI is InChI=1S/C8H15N3O/c1-6(2)8-9-7(5-12-4)10-11(8)3/h6H,5H2,1-4H3. The van der Waals surface area contributed by atoms with E-state index in [9.17, 15) is 0 Å². The van der Waals surface area contributed by atoms with Crippen molar-refractivity contribution in [2.45, 2.75) is 26.4 Å². The Balaban J connectivity index is 2.85. The molecule has 68 valence electrons. The van der Waals surface area contributed by atoms with Crippen LogP contribution < -0.4 is 0 Å². The van der Waals surface area contributed by atoms with Gasteiger partial charge < -0.3 is 4.74 Å². The van der Waals surface area contributed by atoms with E-state index in [1.54, 1.807) is 11.8 Å². The van der Waals surface area contributed by atoms with Gasteiger partial charge in [0.1, 0.15) is 12.4 Å². The predicted molar refractivity (Wildman–Crippen MR) is 45.8 cm³/mol. The molecule has 0 N–H and O–H groups in total. The van der Waals surface area contributed by atoms with Crippen LogP contribution in [0.4, 0.5) is 0 Å². The molecule has 0 aliphatic rings. The lowest BCUT2D eigenvalue weighted by molar-refractivity contribution is 0.177. The van der Waals surface area contributed by atoms with Gasteiger partial charge in [-0.1, -0.05) is 13.8 Å². The predicted octanol–water partition coefficient (Wildman–Crippen LogP) is 1.08. The Morgan fingerprint density at radius 3 is 2.58 bits per heavy atom. The molecule has 4 nitrogen and oxygen atoms in total. The fraction of sp³-hybridized carbons (Fsp3) is 0.750. The third kappa shape index (κ3) is 1.82. The lowest BCUT2D eigenvalue weighted by Crippen LogP contribution is -2.00. The third-order valence-electron chi connectivity index (χ3n) is 1.63. The third-order valence-corrected chi connectivity index (χ3v) is 1.63. The van der Waals surface area contributed by atoms with Gasteiger partial charge in [0.05, 0.1) is 0 Å². The number of aromatic nitrogens is 3. The Morgan fingerprint density at radius 1 is 1.50 bits per heavy atom. The van der Waals surface area contributed by atoms with Crippen LogP contribution in [0.5, 0.6) is 0 Å². The van der Waals surface area contributed by atoms with Crippen molar-refractivity contribution >= 4 is 0 Å². The Morgan fingerprint density at radius 2 is 2.17 bits per heavy atom. The zero-order chi connectivity index (χ0) is 9.14. The second-order valence-electron chi connectivity index (χ2n) is 3.10. The number of hydrogen-bond donors (Lipinski definition) is 0. The van der Waals surface area contributed by atoms with Crippen LogP contribution >= 0.6 is 0 Å². The Kier molecular flexibility index (Phi) is 2.81. The fourth-order valence-corrected chi connectivity index (χ4v) is 1.14. The van der Waals surface area contributed by atoms with E-state index in [1.165, 1.54) is 0 Å². The average molecular weight is 169 g/mol. The molecule has 1 rings (SSSR count). The molecule has 0 fully saturated rings. The van der Waals surface area contributed by atoms with E-state index in [1.807, 2.05) is 7.05 Å². The summed E-state index contributed by atoms with van der Waals surface area (Å²) in [5.41, 5.74) is 0. The summed E-state index contributed by atoms with van der Waals surface area (Å²) < 4.78 is 6.74. The molecular weight excluding hydrogens is 154 g/mol. The average Bonchev–Trinajstić information content (AvgIpc) is 2.32. The summed E-state index contributed by atoms with van der Waals surface area (Å²) >= 11 is 0. The van der Waals surface area contributed by atoms with E-state index in [4.69, 9.17) is 4.74 Å². The summed E-state index contributed by atoms with van der Waals surface area (Å²) in [6.07, 6.45) is 0. The van der Waals surface area contributed by atoms with Gasteiger partial charge in [0.2, 0.25) is 0 Å². The van der Waals surface area contributed by atoms with Crippen LogP contribution in [0.2, 0.25) is 0 Å². The highest BCUT2D eigenvalue weighted by atomic mass is 16.5. The molecule has 0 atom stereocenters.